The van der Waals surface area contributed by atoms with Gasteiger partial charge >= 0.3 is 5.97 Å². The van der Waals surface area contributed by atoms with E-state index in [0.717, 1.165) is 16.9 Å². The van der Waals surface area contributed by atoms with Gasteiger partial charge in [0, 0.05) is 18.1 Å². The van der Waals surface area contributed by atoms with Crippen molar-refractivity contribution in [3.63, 3.8) is 0 Å². The van der Waals surface area contributed by atoms with Gasteiger partial charge in [-0.3, -0.25) is 0 Å². The lowest BCUT2D eigenvalue weighted by Crippen LogP contribution is -2.10. The van der Waals surface area contributed by atoms with Crippen molar-refractivity contribution in [2.75, 3.05) is 0 Å². The van der Waals surface area contributed by atoms with Gasteiger partial charge in [0.1, 0.15) is 22.8 Å². The molecule has 0 unspecified atom stereocenters. The van der Waals surface area contributed by atoms with Gasteiger partial charge in [-0.2, -0.15) is 4.98 Å². The second kappa shape index (κ2) is 5.72. The Kier molecular flexibility index (Phi) is 3.73. The van der Waals surface area contributed by atoms with E-state index in [9.17, 15) is 4.79 Å². The highest BCUT2D eigenvalue weighted by atomic mass is 16.5. The number of aryl methyl sites for hydroxylation is 3. The number of nitrogens with zero attached hydrogens (tertiary/aromatic N) is 2. The van der Waals surface area contributed by atoms with E-state index in [-0.39, 0.29) is 0 Å². The van der Waals surface area contributed by atoms with Crippen molar-refractivity contribution < 1.29 is 18.5 Å². The maximum Gasteiger partial charge on any atom is 0.347 e. The Hall–Kier alpha value is -2.89. The molecule has 6 nitrogen and oxygen atoms in total. The monoisotopic (exact) mass is 312 g/mol. The maximum absolute atomic E-state index is 12.3. The Bertz CT molecular complexity index is 859. The molecule has 0 N–H and O–H groups in total. The number of hydrogen-bond acceptors (Lipinski definition) is 6. The van der Waals surface area contributed by atoms with Crippen LogP contribution in [0.1, 0.15) is 33.3 Å². The summed E-state index contributed by atoms with van der Waals surface area (Å²) < 4.78 is 15.8. The van der Waals surface area contributed by atoms with Crippen LogP contribution in [0.4, 0.5) is 0 Å². The van der Waals surface area contributed by atoms with E-state index in [0.29, 0.717) is 28.8 Å². The van der Waals surface area contributed by atoms with Crippen LogP contribution in [0.3, 0.4) is 0 Å². The predicted molar refractivity (Wildman–Crippen MR) is 82.3 cm³/mol. The van der Waals surface area contributed by atoms with Gasteiger partial charge in [0.15, 0.2) is 0 Å². The molecule has 0 amide bonds. The van der Waals surface area contributed by atoms with E-state index in [1.165, 1.54) is 0 Å². The summed E-state index contributed by atoms with van der Waals surface area (Å²) in [4.78, 5) is 16.5. The molecule has 6 heteroatoms. The van der Waals surface area contributed by atoms with Crippen molar-refractivity contribution in [2.45, 2.75) is 27.7 Å². The highest BCUT2D eigenvalue weighted by Gasteiger charge is 2.20. The third-order valence-electron chi connectivity index (χ3n) is 3.62. The summed E-state index contributed by atoms with van der Waals surface area (Å²) in [6.07, 6.45) is 0. The van der Waals surface area contributed by atoms with Crippen molar-refractivity contribution in [2.24, 2.45) is 0 Å². The summed E-state index contributed by atoms with van der Waals surface area (Å²) in [7, 11) is 0. The Balaban J connectivity index is 1.79. The molecule has 0 aliphatic heterocycles. The van der Waals surface area contributed by atoms with Crippen molar-refractivity contribution in [3.05, 3.63) is 52.8 Å². The molecule has 2 aromatic heterocycles. The quantitative estimate of drug-likeness (QED) is 0.541. The van der Waals surface area contributed by atoms with Gasteiger partial charge in [0.2, 0.25) is 11.7 Å². The molecular formula is C17H16N2O4. The minimum Gasteiger partial charge on any atom is -0.465 e. The second-order valence-electron chi connectivity index (χ2n) is 5.27. The van der Waals surface area contributed by atoms with Gasteiger partial charge in [-0.05, 0) is 45.0 Å². The maximum atomic E-state index is 12.3. The van der Waals surface area contributed by atoms with Crippen LogP contribution in [0.15, 0.2) is 33.2 Å². The van der Waals surface area contributed by atoms with Crippen molar-refractivity contribution in [3.8, 4) is 17.1 Å². The van der Waals surface area contributed by atoms with Crippen molar-refractivity contribution in [1.82, 2.24) is 10.1 Å². The zero-order valence-corrected chi connectivity index (χ0v) is 13.3. The van der Waals surface area contributed by atoms with Crippen LogP contribution in [-0.2, 0) is 0 Å². The Morgan fingerprint density at radius 3 is 2.26 bits per heavy atom. The number of carbonyl (C=O) groups is 1. The average molecular weight is 312 g/mol. The fourth-order valence-corrected chi connectivity index (χ4v) is 2.34. The molecule has 0 saturated heterocycles. The predicted octanol–water partition coefficient (Wildman–Crippen LogP) is 3.78. The van der Waals surface area contributed by atoms with Gasteiger partial charge in [0.25, 0.3) is 0 Å². The van der Waals surface area contributed by atoms with Gasteiger partial charge in [-0.1, -0.05) is 5.16 Å². The van der Waals surface area contributed by atoms with E-state index in [4.69, 9.17) is 13.7 Å². The first-order chi connectivity index (χ1) is 11.0. The number of aromatic nitrogens is 2. The van der Waals surface area contributed by atoms with E-state index in [2.05, 4.69) is 10.1 Å². The molecule has 0 saturated carbocycles. The third-order valence-corrected chi connectivity index (χ3v) is 3.62. The summed E-state index contributed by atoms with van der Waals surface area (Å²) in [6.45, 7) is 7.13. The lowest BCUT2D eigenvalue weighted by Gasteiger charge is -2.05. The SMILES string of the molecule is Cc1nc(-c2ccc(OC(=O)c3c(C)oc(C)c3C)cc2)no1. The van der Waals surface area contributed by atoms with Crippen LogP contribution in [0.2, 0.25) is 0 Å². The third kappa shape index (κ3) is 2.88. The first-order valence-corrected chi connectivity index (χ1v) is 7.15. The van der Waals surface area contributed by atoms with E-state index in [1.54, 1.807) is 38.1 Å². The fourth-order valence-electron chi connectivity index (χ4n) is 2.34. The molecule has 0 bridgehead atoms. The molecule has 0 aliphatic carbocycles. The zero-order chi connectivity index (χ0) is 16.6. The number of benzene rings is 1. The standard InChI is InChI=1S/C17H16N2O4/c1-9-10(2)21-11(3)15(9)17(20)22-14-7-5-13(6-8-14)16-18-12(4)23-19-16/h5-8H,1-4H3. The van der Waals surface area contributed by atoms with E-state index >= 15 is 0 Å². The topological polar surface area (TPSA) is 78.4 Å². The molecule has 1 aromatic carbocycles. The molecule has 23 heavy (non-hydrogen) atoms. The molecule has 3 rings (SSSR count). The number of furan rings is 1. The minimum absolute atomic E-state index is 0.431. The minimum atomic E-state index is -0.431. The van der Waals surface area contributed by atoms with Gasteiger partial charge in [-0.25, -0.2) is 4.79 Å². The van der Waals surface area contributed by atoms with E-state index < -0.39 is 5.97 Å². The van der Waals surface area contributed by atoms with Gasteiger partial charge in [0.05, 0.1) is 0 Å². The molecule has 2 heterocycles. The van der Waals surface area contributed by atoms with Gasteiger partial charge < -0.3 is 13.7 Å². The Morgan fingerprint density at radius 2 is 1.74 bits per heavy atom. The molecule has 0 aliphatic rings. The van der Waals surface area contributed by atoms with Crippen molar-refractivity contribution >= 4 is 5.97 Å². The second-order valence-corrected chi connectivity index (χ2v) is 5.27. The lowest BCUT2D eigenvalue weighted by molar-refractivity contribution is 0.0732. The van der Waals surface area contributed by atoms with Gasteiger partial charge in [-0.15, -0.1) is 0 Å². The molecule has 3 aromatic rings. The molecule has 0 atom stereocenters. The largest absolute Gasteiger partial charge is 0.465 e. The molecule has 0 spiro atoms. The number of esters is 1. The highest BCUT2D eigenvalue weighted by Crippen LogP contribution is 2.24. The molecular weight excluding hydrogens is 296 g/mol. The number of ether oxygens (including phenoxy) is 1. The van der Waals surface area contributed by atoms with Crippen LogP contribution in [0, 0.1) is 27.7 Å². The summed E-state index contributed by atoms with van der Waals surface area (Å²) in [6, 6.07) is 6.92. The van der Waals surface area contributed by atoms with Crippen molar-refractivity contribution in [1.29, 1.82) is 0 Å². The number of carbonyl (C=O) groups excluding carboxylic acids is 1. The van der Waals surface area contributed by atoms with Crippen LogP contribution < -0.4 is 4.74 Å². The summed E-state index contributed by atoms with van der Waals surface area (Å²) >= 11 is 0. The number of rotatable bonds is 3. The molecule has 0 radical (unpaired) electrons. The Morgan fingerprint density at radius 1 is 1.04 bits per heavy atom. The first kappa shape index (κ1) is 15.0. The van der Waals surface area contributed by atoms with Crippen LogP contribution in [-0.4, -0.2) is 16.1 Å². The van der Waals surface area contributed by atoms with Crippen LogP contribution >= 0.6 is 0 Å². The normalized spacial score (nSPS) is 10.8. The molecule has 0 fully saturated rings. The van der Waals surface area contributed by atoms with Crippen LogP contribution in [0.5, 0.6) is 5.75 Å². The first-order valence-electron chi connectivity index (χ1n) is 7.15. The Labute approximate surface area is 133 Å². The average Bonchev–Trinajstić information content (AvgIpc) is 3.04. The van der Waals surface area contributed by atoms with E-state index in [1.807, 2.05) is 13.8 Å². The fraction of sp³-hybridized carbons (Fsp3) is 0.235. The summed E-state index contributed by atoms with van der Waals surface area (Å²) in [5.74, 6) is 2.28. The number of hydrogen-bond donors (Lipinski definition) is 0. The smallest absolute Gasteiger partial charge is 0.347 e. The zero-order valence-electron chi connectivity index (χ0n) is 13.3. The summed E-state index contributed by atoms with van der Waals surface area (Å²) in [5, 5.41) is 3.84. The highest BCUT2D eigenvalue weighted by molar-refractivity contribution is 5.93. The lowest BCUT2D eigenvalue weighted by atomic mass is 10.1. The molecule has 118 valence electrons. The summed E-state index contributed by atoms with van der Waals surface area (Å²) in [5.41, 5.74) is 2.06. The van der Waals surface area contributed by atoms with Crippen LogP contribution in [0.25, 0.3) is 11.4 Å².